The Morgan fingerprint density at radius 1 is 0.900 bits per heavy atom. The van der Waals surface area contributed by atoms with Crippen LogP contribution in [0.25, 0.3) is 0 Å². The van der Waals surface area contributed by atoms with E-state index in [9.17, 15) is 0 Å². The van der Waals surface area contributed by atoms with Gasteiger partial charge in [0.25, 0.3) is 0 Å². The first kappa shape index (κ1) is 31.1. The molecule has 0 aromatic carbocycles. The average Bonchev–Trinajstić information content (AvgIpc) is 2.01. The van der Waals surface area contributed by atoms with Crippen LogP contribution >= 0.6 is 0 Å². The van der Waals surface area contributed by atoms with Crippen molar-refractivity contribution in [3.8, 4) is 0 Å². The van der Waals surface area contributed by atoms with E-state index in [0.717, 1.165) is 6.42 Å². The molecule has 0 atom stereocenters. The van der Waals surface area contributed by atoms with Crippen molar-refractivity contribution in [3.05, 3.63) is 28.3 Å². The second kappa shape index (κ2) is 272. The molecule has 3 N–H and O–H groups in total. The van der Waals surface area contributed by atoms with E-state index >= 15 is 0 Å². The standard InChI is InChI=1S/C3H7.3CH3O.Au/c1-3-2;3*1-2;/h1,3H2,2H3;3*2H,1H2;/q4*-1;. The summed E-state index contributed by atoms with van der Waals surface area (Å²) in [7, 11) is 6.75. The van der Waals surface area contributed by atoms with Crippen molar-refractivity contribution < 1.29 is 37.7 Å². The maximum atomic E-state index is 6.75. The molecule has 0 fully saturated rings. The van der Waals surface area contributed by atoms with Gasteiger partial charge in [-0.3, -0.25) is 0 Å². The Morgan fingerprint density at radius 2 is 0.900 bits per heavy atom. The van der Waals surface area contributed by atoms with Crippen molar-refractivity contribution in [2.75, 3.05) is 0 Å². The molecule has 0 aromatic heterocycles. The smallest absolute Gasteiger partial charge is 0 e. The van der Waals surface area contributed by atoms with E-state index in [1.165, 1.54) is 0 Å². The Hall–Kier alpha value is 0.620. The molecule has 1 radical (unpaired) electrons. The van der Waals surface area contributed by atoms with Crippen molar-refractivity contribution in [1.29, 1.82) is 0 Å². The first-order chi connectivity index (χ1) is 4.41. The van der Waals surface area contributed by atoms with Crippen LogP contribution in [-0.2, 0) is 22.4 Å². The van der Waals surface area contributed by atoms with Crippen molar-refractivity contribution in [3.63, 3.8) is 0 Å². The summed E-state index contributed by atoms with van der Waals surface area (Å²) >= 11 is 0. The number of aliphatic hydroxyl groups is 3. The molecule has 0 bridgehead atoms. The molecule has 0 saturated carbocycles. The van der Waals surface area contributed by atoms with Gasteiger partial charge in [-0.15, -0.1) is 0 Å². The van der Waals surface area contributed by atoms with Gasteiger partial charge in [0.05, 0.1) is 0 Å². The van der Waals surface area contributed by atoms with Gasteiger partial charge in [0, 0.05) is 22.4 Å². The topological polar surface area (TPSA) is 60.7 Å². The zero-order valence-electron chi connectivity index (χ0n) is 6.18. The van der Waals surface area contributed by atoms with E-state index in [2.05, 4.69) is 28.3 Å². The summed E-state index contributed by atoms with van der Waals surface area (Å²) in [5.74, 6) is 0. The Morgan fingerprint density at radius 3 is 0.900 bits per heavy atom. The third-order valence-electron chi connectivity index (χ3n) is 0. The number of hydrogen-bond donors (Lipinski definition) is 3. The molecule has 0 amide bonds. The summed E-state index contributed by atoms with van der Waals surface area (Å²) in [4.78, 5) is 0. The summed E-state index contributed by atoms with van der Waals surface area (Å²) in [5.41, 5.74) is 0. The van der Waals surface area contributed by atoms with Gasteiger partial charge in [-0.1, -0.05) is 6.92 Å². The minimum atomic E-state index is 0. The Kier molecular flexibility index (Phi) is 847. The van der Waals surface area contributed by atoms with E-state index in [0.29, 0.717) is 0 Å². The molecule has 0 aliphatic heterocycles. The summed E-state index contributed by atoms with van der Waals surface area (Å²) < 4.78 is 0. The van der Waals surface area contributed by atoms with Gasteiger partial charge in [-0.25, -0.2) is 21.3 Å². The fraction of sp³-hybridized carbons (Fsp3) is 0.333. The molecule has 4 heteroatoms. The molecule has 0 spiro atoms. The number of aliphatic hydroxyl groups excluding tert-OH is 3. The SMILES string of the molecule is [Au].[CH2-]CC.[CH2-]O.[CH2-]O.[CH2-]O. The Balaban J connectivity index is -0.0000000110. The van der Waals surface area contributed by atoms with E-state index in [4.69, 9.17) is 15.3 Å². The quantitative estimate of drug-likeness (QED) is 0.467. The van der Waals surface area contributed by atoms with Crippen molar-refractivity contribution in [1.82, 2.24) is 0 Å². The van der Waals surface area contributed by atoms with Gasteiger partial charge in [0.1, 0.15) is 0 Å². The fourth-order valence-corrected chi connectivity index (χ4v) is 0. The monoisotopic (exact) mass is 333 g/mol. The largest absolute Gasteiger partial charge is 0.569 e. The van der Waals surface area contributed by atoms with Crippen molar-refractivity contribution in [2.45, 2.75) is 13.3 Å². The summed E-state index contributed by atoms with van der Waals surface area (Å²) in [6.07, 6.45) is 1.00. The van der Waals surface area contributed by atoms with Crippen LogP contribution in [-0.4, -0.2) is 15.3 Å². The molecule has 0 rings (SSSR count). The maximum Gasteiger partial charge on any atom is 0 e. The van der Waals surface area contributed by atoms with Crippen LogP contribution in [0.15, 0.2) is 0 Å². The second-order valence-electron chi connectivity index (χ2n) is 0.500. The van der Waals surface area contributed by atoms with Crippen molar-refractivity contribution >= 4 is 0 Å². The van der Waals surface area contributed by atoms with Crippen molar-refractivity contribution in [2.24, 2.45) is 0 Å². The molecule has 10 heavy (non-hydrogen) atoms. The van der Waals surface area contributed by atoms with Gasteiger partial charge < -0.3 is 22.2 Å². The maximum absolute atomic E-state index is 6.75. The number of hydrogen-bond acceptors (Lipinski definition) is 3. The molecule has 73 valence electrons. The summed E-state index contributed by atoms with van der Waals surface area (Å²) in [5, 5.41) is 20.2. The predicted octanol–water partition coefficient (Wildman–Crippen LogP) is 1.68. The van der Waals surface area contributed by atoms with Crippen LogP contribution < -0.4 is 0 Å². The molecule has 0 saturated heterocycles. The Labute approximate surface area is 79.6 Å². The summed E-state index contributed by atoms with van der Waals surface area (Å²) in [6.45, 7) is 5.50. The van der Waals surface area contributed by atoms with Crippen LogP contribution in [0, 0.1) is 28.3 Å². The minimum Gasteiger partial charge on any atom is -0.569 e. The molecule has 0 aromatic rings. The van der Waals surface area contributed by atoms with E-state index in [-0.39, 0.29) is 22.4 Å². The van der Waals surface area contributed by atoms with Gasteiger partial charge in [-0.05, 0) is 0 Å². The molecule has 0 aliphatic rings. The molecule has 0 heterocycles. The average molecular weight is 333 g/mol. The fourth-order valence-electron chi connectivity index (χ4n) is 0. The first-order valence-electron chi connectivity index (χ1n) is 2.16. The van der Waals surface area contributed by atoms with Gasteiger partial charge in [0.2, 0.25) is 0 Å². The normalized spacial score (nSPS) is 3.60. The zero-order chi connectivity index (χ0) is 8.71. The molecule has 0 aliphatic carbocycles. The molecular formula is C6H16AuO3-4. The molecule has 0 unspecified atom stereocenters. The van der Waals surface area contributed by atoms with Gasteiger partial charge in [0.15, 0.2) is 0 Å². The third kappa shape index (κ3) is 1300. The zero-order valence-corrected chi connectivity index (χ0v) is 8.35. The van der Waals surface area contributed by atoms with E-state index in [1.807, 2.05) is 6.92 Å². The Bertz CT molecular complexity index is 13.0. The van der Waals surface area contributed by atoms with Crippen LogP contribution in [0.3, 0.4) is 0 Å². The first-order valence-corrected chi connectivity index (χ1v) is 2.16. The predicted molar refractivity (Wildman–Crippen MR) is 37.5 cm³/mol. The second-order valence-corrected chi connectivity index (χ2v) is 0.500. The van der Waals surface area contributed by atoms with E-state index < -0.39 is 0 Å². The number of rotatable bonds is 0. The van der Waals surface area contributed by atoms with Crippen LogP contribution in [0.5, 0.6) is 0 Å². The van der Waals surface area contributed by atoms with Crippen LogP contribution in [0.2, 0.25) is 0 Å². The van der Waals surface area contributed by atoms with E-state index in [1.54, 1.807) is 0 Å². The van der Waals surface area contributed by atoms with Crippen LogP contribution in [0.1, 0.15) is 13.3 Å². The van der Waals surface area contributed by atoms with Crippen LogP contribution in [0.4, 0.5) is 0 Å². The molecule has 3 nitrogen and oxygen atoms in total. The van der Waals surface area contributed by atoms with Gasteiger partial charge in [-0.2, -0.15) is 6.42 Å². The molecular weight excluding hydrogens is 317 g/mol. The van der Waals surface area contributed by atoms with Gasteiger partial charge >= 0.3 is 0 Å². The minimum absolute atomic E-state index is 0. The third-order valence-corrected chi connectivity index (χ3v) is 0. The summed E-state index contributed by atoms with van der Waals surface area (Å²) in [6, 6.07) is 0.